The van der Waals surface area contributed by atoms with E-state index in [1.165, 1.54) is 17.8 Å². The van der Waals surface area contributed by atoms with E-state index in [-0.39, 0.29) is 34.9 Å². The maximum Gasteiger partial charge on any atom is 0.284 e. The number of carbonyl (C=O) groups is 1. The Morgan fingerprint density at radius 2 is 2.03 bits per heavy atom. The summed E-state index contributed by atoms with van der Waals surface area (Å²) in [6.07, 6.45) is 1.03. The van der Waals surface area contributed by atoms with Crippen LogP contribution in [-0.2, 0) is 17.5 Å². The van der Waals surface area contributed by atoms with Crippen LogP contribution in [-0.4, -0.2) is 57.0 Å². The topological polar surface area (TPSA) is 135 Å². The normalized spacial score (nSPS) is 17.8. The largest absolute Gasteiger partial charge is 0.398 e. The lowest BCUT2D eigenvalue weighted by atomic mass is 10.0. The van der Waals surface area contributed by atoms with E-state index >= 15 is 0 Å². The maximum atomic E-state index is 14.8. The number of aryl methyl sites for hydroxylation is 1. The lowest BCUT2D eigenvalue weighted by Gasteiger charge is -2.34. The highest BCUT2D eigenvalue weighted by Gasteiger charge is 2.35. The fourth-order valence-corrected chi connectivity index (χ4v) is 6.48. The number of piperidine rings is 1. The van der Waals surface area contributed by atoms with Gasteiger partial charge in [-0.05, 0) is 37.5 Å². The molecule has 2 atom stereocenters. The number of fused-ring (bicyclic) bond motifs is 2. The molecule has 6 N–H and O–H groups in total. The number of rotatable bonds is 7. The van der Waals surface area contributed by atoms with E-state index in [2.05, 4.69) is 10.3 Å². The number of imidazole rings is 1. The molecule has 0 bridgehead atoms. The van der Waals surface area contributed by atoms with Gasteiger partial charge in [0.1, 0.15) is 22.8 Å². The van der Waals surface area contributed by atoms with Crippen LogP contribution < -0.4 is 21.7 Å². The number of halogens is 2. The number of para-hydroxylation sites is 2. The predicted molar refractivity (Wildman–Crippen MR) is 152 cm³/mol. The molecule has 13 heteroatoms. The maximum absolute atomic E-state index is 14.8. The summed E-state index contributed by atoms with van der Waals surface area (Å²) in [4.78, 5) is 23.1. The molecule has 1 amide bonds. The van der Waals surface area contributed by atoms with Crippen molar-refractivity contribution >= 4 is 49.5 Å². The number of benzene rings is 1. The summed E-state index contributed by atoms with van der Waals surface area (Å²) in [5, 5.41) is 14.6. The molecule has 0 saturated carbocycles. The number of aliphatic hydroxyl groups excluding tert-OH is 1. The summed E-state index contributed by atoms with van der Waals surface area (Å²) >= 11 is 1.30. The van der Waals surface area contributed by atoms with Gasteiger partial charge in [0.05, 0.1) is 16.7 Å². The van der Waals surface area contributed by atoms with E-state index in [0.29, 0.717) is 42.1 Å². The number of nitrogens with two attached hydrogens (primary N) is 2. The zero-order valence-corrected chi connectivity index (χ0v) is 23.5. The van der Waals surface area contributed by atoms with Gasteiger partial charge in [0.2, 0.25) is 5.91 Å². The van der Waals surface area contributed by atoms with Crippen molar-refractivity contribution in [1.29, 1.82) is 0 Å². The summed E-state index contributed by atoms with van der Waals surface area (Å²) in [6, 6.07) is 9.27. The van der Waals surface area contributed by atoms with E-state index in [1.54, 1.807) is 9.24 Å². The number of nitrogens with one attached hydrogen (secondary N) is 1. The van der Waals surface area contributed by atoms with E-state index in [4.69, 9.17) is 16.5 Å². The number of nitrogens with zero attached hydrogens (tertiary/aromatic N) is 4. The van der Waals surface area contributed by atoms with Crippen LogP contribution in [0.2, 0.25) is 0 Å². The zero-order chi connectivity index (χ0) is 27.9. The summed E-state index contributed by atoms with van der Waals surface area (Å²) in [5.74, 6) is 0.807. The summed E-state index contributed by atoms with van der Waals surface area (Å²) in [6.45, 7) is 1.57. The summed E-state index contributed by atoms with van der Waals surface area (Å²) < 4.78 is 31.4. The number of amides is 1. The average Bonchev–Trinajstić information content (AvgIpc) is 3.14. The van der Waals surface area contributed by atoms with Gasteiger partial charge < -0.3 is 31.4 Å². The number of hydrogen-bond acceptors (Lipinski definition) is 8. The zero-order valence-electron chi connectivity index (χ0n) is 21.5. The number of anilines is 1. The van der Waals surface area contributed by atoms with Gasteiger partial charge in [0.25, 0.3) is 5.66 Å². The second-order valence-electron chi connectivity index (χ2n) is 9.89. The highest BCUT2D eigenvalue weighted by atomic mass is 32.2. The van der Waals surface area contributed by atoms with Gasteiger partial charge in [-0.15, -0.1) is 11.8 Å². The predicted octanol–water partition coefficient (Wildman–Crippen LogP) is 2.84. The van der Waals surface area contributed by atoms with E-state index in [1.807, 2.05) is 40.8 Å². The van der Waals surface area contributed by atoms with Crippen LogP contribution in [0.3, 0.4) is 0 Å². The van der Waals surface area contributed by atoms with Crippen LogP contribution in [0.4, 0.5) is 14.6 Å². The van der Waals surface area contributed by atoms with Crippen LogP contribution >= 0.6 is 21.0 Å². The first-order valence-electron chi connectivity index (χ1n) is 12.8. The second kappa shape index (κ2) is 11.0. The molecule has 1 aromatic carbocycles. The molecule has 0 aliphatic carbocycles. The van der Waals surface area contributed by atoms with Crippen molar-refractivity contribution in [3.8, 4) is 0 Å². The van der Waals surface area contributed by atoms with Crippen molar-refractivity contribution in [3.63, 3.8) is 0 Å². The minimum atomic E-state index is -3.27. The third-order valence-electron chi connectivity index (χ3n) is 7.35. The Balaban J connectivity index is 1.29. The second-order valence-corrected chi connectivity index (χ2v) is 11.7. The minimum Gasteiger partial charge on any atom is -0.398 e. The van der Waals surface area contributed by atoms with Crippen molar-refractivity contribution in [2.75, 3.05) is 30.3 Å². The number of alkyl halides is 2. The Morgan fingerprint density at radius 3 is 2.69 bits per heavy atom. The lowest BCUT2D eigenvalue weighted by Crippen LogP contribution is -2.44. The van der Waals surface area contributed by atoms with Crippen molar-refractivity contribution in [2.45, 2.75) is 42.1 Å². The van der Waals surface area contributed by atoms with Crippen LogP contribution in [0, 0.1) is 0 Å². The smallest absolute Gasteiger partial charge is 0.284 e. The van der Waals surface area contributed by atoms with Gasteiger partial charge in [-0.2, -0.15) is 8.78 Å². The third kappa shape index (κ3) is 5.61. The SMILES string of the molecule is Cn1c(C(O)CNC2CCN(c3cc(C(F)(F)P)c4c(n3)SCCC(C(N)=O)=C4N)CC2)nc2ccccc21. The molecule has 2 unspecified atom stereocenters. The van der Waals surface area contributed by atoms with Gasteiger partial charge in [-0.3, -0.25) is 4.79 Å². The Labute approximate surface area is 231 Å². The molecule has 2 aromatic heterocycles. The van der Waals surface area contributed by atoms with Crippen molar-refractivity contribution in [2.24, 2.45) is 18.5 Å². The first-order valence-corrected chi connectivity index (χ1v) is 14.3. The van der Waals surface area contributed by atoms with Crippen LogP contribution in [0.1, 0.15) is 42.3 Å². The number of aliphatic hydroxyl groups is 1. The molecule has 5 rings (SSSR count). The highest BCUT2D eigenvalue weighted by molar-refractivity contribution is 7.99. The van der Waals surface area contributed by atoms with Crippen LogP contribution in [0.25, 0.3) is 16.7 Å². The molecular weight excluding hydrogens is 543 g/mol. The summed E-state index contributed by atoms with van der Waals surface area (Å²) in [5.41, 5.74) is 10.1. The lowest BCUT2D eigenvalue weighted by molar-refractivity contribution is -0.114. The average molecular weight is 576 g/mol. The molecule has 2 aliphatic rings. The van der Waals surface area contributed by atoms with E-state index in [9.17, 15) is 18.7 Å². The molecule has 3 aromatic rings. The van der Waals surface area contributed by atoms with Gasteiger partial charge in [-0.1, -0.05) is 21.4 Å². The standard InChI is InChI=1S/C26H32F2N7O2PS/c1-34-18-5-3-2-4-17(18)32-24(34)19(36)13-31-14-6-9-35(10-7-14)20-12-16(26(27,28)38)21-22(29)15(23(30)37)8-11-39-25(21)33-20/h2-5,12,14,19,31,36H,6-11,13,29,38H2,1H3,(H2,30,37). The fraction of sp³-hybridized carbons (Fsp3) is 0.423. The van der Waals surface area contributed by atoms with Gasteiger partial charge in [0, 0.05) is 55.2 Å². The third-order valence-corrected chi connectivity index (χ3v) is 8.64. The molecule has 2 aliphatic heterocycles. The molecule has 4 heterocycles. The Kier molecular flexibility index (Phi) is 7.83. The Hall–Kier alpha value is -2.79. The molecule has 1 fully saturated rings. The molecular formula is C26H32F2N7O2PS. The molecule has 1 saturated heterocycles. The first kappa shape index (κ1) is 27.8. The molecule has 39 heavy (non-hydrogen) atoms. The van der Waals surface area contributed by atoms with Crippen LogP contribution in [0.15, 0.2) is 40.9 Å². The Morgan fingerprint density at radius 1 is 1.31 bits per heavy atom. The van der Waals surface area contributed by atoms with Gasteiger partial charge >= 0.3 is 0 Å². The number of pyridine rings is 1. The molecule has 9 nitrogen and oxygen atoms in total. The molecule has 0 radical (unpaired) electrons. The summed E-state index contributed by atoms with van der Waals surface area (Å²) in [7, 11) is 3.46. The first-order chi connectivity index (χ1) is 18.5. The van der Waals surface area contributed by atoms with E-state index in [0.717, 1.165) is 23.9 Å². The molecule has 0 spiro atoms. The van der Waals surface area contributed by atoms with Crippen molar-refractivity contribution in [1.82, 2.24) is 19.9 Å². The van der Waals surface area contributed by atoms with Gasteiger partial charge in [-0.25, -0.2) is 9.97 Å². The monoisotopic (exact) mass is 575 g/mol. The Bertz CT molecular complexity index is 1430. The number of hydrogen-bond donors (Lipinski definition) is 4. The van der Waals surface area contributed by atoms with Crippen molar-refractivity contribution < 1.29 is 18.7 Å². The van der Waals surface area contributed by atoms with Crippen LogP contribution in [0.5, 0.6) is 0 Å². The molecule has 208 valence electrons. The number of thioether (sulfide) groups is 1. The van der Waals surface area contributed by atoms with E-state index < -0.39 is 17.7 Å². The number of carbonyl (C=O) groups excluding carboxylic acids is 1. The fourth-order valence-electron chi connectivity index (χ4n) is 5.23. The highest BCUT2D eigenvalue weighted by Crippen LogP contribution is 2.45. The van der Waals surface area contributed by atoms with Gasteiger partial charge in [0.15, 0.2) is 0 Å². The minimum absolute atomic E-state index is 0.0271. The quantitative estimate of drug-likeness (QED) is 0.316. The number of aromatic nitrogens is 3. The number of primary amides is 1. The van der Waals surface area contributed by atoms with Crippen molar-refractivity contribution in [3.05, 3.63) is 52.9 Å².